The number of aliphatic hydroxyl groups is 4. The second kappa shape index (κ2) is 8.76. The molecule has 3 aliphatic carbocycles. The maximum atomic E-state index is 13.7. The molecule has 1 amide bonds. The summed E-state index contributed by atoms with van der Waals surface area (Å²) in [4.78, 5) is 39.9. The lowest BCUT2D eigenvalue weighted by Gasteiger charge is -2.50. The second-order valence-electron chi connectivity index (χ2n) is 9.42. The molecular formula is C24H28N2O9. The van der Waals surface area contributed by atoms with Crippen LogP contribution in [0.3, 0.4) is 0 Å². The molecule has 3 aliphatic rings. The average molecular weight is 488 g/mol. The number of rotatable bonds is 6. The van der Waals surface area contributed by atoms with Gasteiger partial charge in [-0.1, -0.05) is 12.1 Å². The molecular weight excluding hydrogens is 460 g/mol. The molecule has 1 fully saturated rings. The zero-order valence-electron chi connectivity index (χ0n) is 19.3. The Labute approximate surface area is 200 Å². The molecule has 7 N–H and O–H groups in total. The Morgan fingerprint density at radius 1 is 1.23 bits per heavy atom. The Bertz CT molecular complexity index is 1170. The molecule has 0 radical (unpaired) electrons. The maximum absolute atomic E-state index is 13.7. The third-order valence-electron chi connectivity index (χ3n) is 7.15. The van der Waals surface area contributed by atoms with Gasteiger partial charge in [0.25, 0.3) is 5.91 Å². The number of phenolic OH excluding ortho intramolecular Hbond substituents is 1. The van der Waals surface area contributed by atoms with Crippen LogP contribution in [-0.2, 0) is 19.1 Å². The number of benzene rings is 1. The van der Waals surface area contributed by atoms with Gasteiger partial charge in [0, 0.05) is 36.3 Å². The van der Waals surface area contributed by atoms with Gasteiger partial charge in [0.15, 0.2) is 11.4 Å². The van der Waals surface area contributed by atoms with Gasteiger partial charge in [-0.05, 0) is 25.7 Å². The third kappa shape index (κ3) is 3.62. The highest BCUT2D eigenvalue weighted by Gasteiger charge is 2.65. The summed E-state index contributed by atoms with van der Waals surface area (Å²) in [6.07, 6.45) is -2.23. The lowest BCUT2D eigenvalue weighted by Crippen LogP contribution is -2.64. The minimum atomic E-state index is -2.87. The smallest absolute Gasteiger partial charge is 0.255 e. The normalized spacial score (nSPS) is 30.3. The molecule has 0 aromatic heterocycles. The number of hydrogen-bond donors (Lipinski definition) is 6. The van der Waals surface area contributed by atoms with Gasteiger partial charge >= 0.3 is 0 Å². The standard InChI is InChI=1S/C24H28N2O9/c1-26(2)6-7-35-9-11-10-4-3-5-13(27)15(10)20(30)18-16(11)19(29)12-8-14(28)17(23(25)33)21(31)24(12,34)22(18)32/h3-5,11-12,16,19,27,29-31,34H,6-9H2,1-2H3,(H2,25,33)/t11-,12+,16+,19+,24+/m0/s1. The van der Waals surface area contributed by atoms with Gasteiger partial charge in [-0.25, -0.2) is 0 Å². The van der Waals surface area contributed by atoms with Crippen molar-refractivity contribution in [2.45, 2.75) is 24.0 Å². The van der Waals surface area contributed by atoms with E-state index in [1.54, 1.807) is 12.1 Å². The molecule has 1 saturated carbocycles. The molecule has 0 unspecified atom stereocenters. The molecule has 0 spiro atoms. The number of likely N-dealkylation sites (N-methyl/N-ethyl adjacent to an activating group) is 1. The van der Waals surface area contributed by atoms with Crippen LogP contribution >= 0.6 is 0 Å². The Balaban J connectivity index is 1.88. The number of fused-ring (bicyclic) bond motifs is 3. The number of nitrogens with two attached hydrogens (primary N) is 1. The van der Waals surface area contributed by atoms with Gasteiger partial charge in [0.2, 0.25) is 5.78 Å². The number of amides is 1. The number of phenols is 1. The fraction of sp³-hybridized carbons (Fsp3) is 0.458. The number of carbonyl (C=O) groups is 3. The lowest BCUT2D eigenvalue weighted by atomic mass is 9.55. The number of aromatic hydroxyl groups is 1. The van der Waals surface area contributed by atoms with Crippen LogP contribution in [0.1, 0.15) is 23.5 Å². The maximum Gasteiger partial charge on any atom is 0.255 e. The minimum absolute atomic E-state index is 0.0104. The van der Waals surface area contributed by atoms with E-state index in [0.29, 0.717) is 18.7 Å². The van der Waals surface area contributed by atoms with Gasteiger partial charge in [0.05, 0.1) is 24.9 Å². The van der Waals surface area contributed by atoms with Gasteiger partial charge in [-0.3, -0.25) is 14.4 Å². The van der Waals surface area contributed by atoms with Gasteiger partial charge < -0.3 is 40.9 Å². The topological polar surface area (TPSA) is 191 Å². The fourth-order valence-electron chi connectivity index (χ4n) is 5.43. The van der Waals surface area contributed by atoms with Crippen molar-refractivity contribution in [1.29, 1.82) is 0 Å². The van der Waals surface area contributed by atoms with Crippen molar-refractivity contribution < 1.29 is 44.7 Å². The highest BCUT2D eigenvalue weighted by Crippen LogP contribution is 2.55. The molecule has 0 bridgehead atoms. The van der Waals surface area contributed by atoms with Crippen molar-refractivity contribution >= 4 is 23.2 Å². The summed E-state index contributed by atoms with van der Waals surface area (Å²) < 4.78 is 5.80. The van der Waals surface area contributed by atoms with Crippen molar-refractivity contribution in [3.63, 3.8) is 0 Å². The summed E-state index contributed by atoms with van der Waals surface area (Å²) in [5.74, 6) is -9.07. The molecule has 1 aromatic rings. The molecule has 0 saturated heterocycles. The summed E-state index contributed by atoms with van der Waals surface area (Å²) >= 11 is 0. The number of Topliss-reactive ketones (excluding diaryl/α,β-unsaturated/α-hetero) is 2. The highest BCUT2D eigenvalue weighted by molar-refractivity contribution is 6.22. The van der Waals surface area contributed by atoms with Crippen molar-refractivity contribution in [2.75, 3.05) is 33.9 Å². The molecule has 188 valence electrons. The van der Waals surface area contributed by atoms with Crippen LogP contribution in [0, 0.1) is 11.8 Å². The average Bonchev–Trinajstić information content (AvgIpc) is 2.77. The predicted molar refractivity (Wildman–Crippen MR) is 121 cm³/mol. The van der Waals surface area contributed by atoms with Gasteiger partial charge in [-0.15, -0.1) is 0 Å². The first kappa shape index (κ1) is 24.9. The highest BCUT2D eigenvalue weighted by atomic mass is 16.5. The van der Waals surface area contributed by atoms with Crippen molar-refractivity contribution in [3.8, 4) is 5.75 Å². The Kier molecular flexibility index (Phi) is 6.22. The molecule has 1 aromatic carbocycles. The lowest BCUT2D eigenvalue weighted by molar-refractivity contribution is -0.161. The number of primary amides is 1. The number of nitrogens with zero attached hydrogens (tertiary/aromatic N) is 1. The predicted octanol–water partition coefficient (Wildman–Crippen LogP) is -0.486. The van der Waals surface area contributed by atoms with Crippen LogP contribution in [0.5, 0.6) is 5.75 Å². The SMILES string of the molecule is CN(C)CCOC[C@H]1c2cccc(O)c2C(O)=C2C(=O)[C@]3(O)C(O)=C(C(N)=O)C(=O)C[C@@H]3[C@@H](O)[C@@H]21. The molecule has 4 rings (SSSR count). The summed E-state index contributed by atoms with van der Waals surface area (Å²) in [7, 11) is 3.72. The van der Waals surface area contributed by atoms with Crippen LogP contribution in [0.2, 0.25) is 0 Å². The van der Waals surface area contributed by atoms with Crippen LogP contribution in [0.4, 0.5) is 0 Å². The molecule has 0 heterocycles. The quantitative estimate of drug-likeness (QED) is 0.225. The zero-order valence-corrected chi connectivity index (χ0v) is 19.3. The van der Waals surface area contributed by atoms with E-state index < -0.39 is 76.0 Å². The molecule has 11 heteroatoms. The summed E-state index contributed by atoms with van der Waals surface area (Å²) in [6.45, 7) is 0.894. The molecule has 35 heavy (non-hydrogen) atoms. The van der Waals surface area contributed by atoms with Crippen LogP contribution in [-0.4, -0.2) is 93.5 Å². The number of carbonyl (C=O) groups excluding carboxylic acids is 3. The van der Waals surface area contributed by atoms with E-state index in [1.807, 2.05) is 19.0 Å². The van der Waals surface area contributed by atoms with Crippen LogP contribution in [0.25, 0.3) is 5.76 Å². The van der Waals surface area contributed by atoms with E-state index in [1.165, 1.54) is 6.07 Å². The van der Waals surface area contributed by atoms with E-state index in [4.69, 9.17) is 10.5 Å². The van der Waals surface area contributed by atoms with Crippen molar-refractivity contribution in [2.24, 2.45) is 17.6 Å². The first-order valence-electron chi connectivity index (χ1n) is 11.1. The third-order valence-corrected chi connectivity index (χ3v) is 7.15. The zero-order chi connectivity index (χ0) is 25.8. The van der Waals surface area contributed by atoms with Crippen LogP contribution < -0.4 is 5.73 Å². The summed E-state index contributed by atoms with van der Waals surface area (Å²) in [5.41, 5.74) is 1.31. The largest absolute Gasteiger partial charge is 0.508 e. The van der Waals surface area contributed by atoms with Crippen molar-refractivity contribution in [3.05, 3.63) is 46.2 Å². The van der Waals surface area contributed by atoms with Crippen LogP contribution in [0.15, 0.2) is 35.1 Å². The van der Waals surface area contributed by atoms with E-state index >= 15 is 0 Å². The number of ketones is 2. The van der Waals surface area contributed by atoms with Gasteiger partial charge in [0.1, 0.15) is 22.8 Å². The van der Waals surface area contributed by atoms with E-state index in [2.05, 4.69) is 0 Å². The van der Waals surface area contributed by atoms with Crippen molar-refractivity contribution in [1.82, 2.24) is 4.90 Å². The van der Waals surface area contributed by atoms with E-state index in [9.17, 15) is 39.9 Å². The second-order valence-corrected chi connectivity index (χ2v) is 9.42. The number of hydrogen-bond acceptors (Lipinski definition) is 10. The summed E-state index contributed by atoms with van der Waals surface area (Å²) in [6, 6.07) is 4.47. The summed E-state index contributed by atoms with van der Waals surface area (Å²) in [5, 5.41) is 55.0. The Morgan fingerprint density at radius 3 is 2.54 bits per heavy atom. The monoisotopic (exact) mass is 488 g/mol. The van der Waals surface area contributed by atoms with E-state index in [-0.39, 0.29) is 17.9 Å². The molecule has 0 aliphatic heterocycles. The number of ether oxygens (including phenoxy) is 1. The van der Waals surface area contributed by atoms with E-state index in [0.717, 1.165) is 0 Å². The van der Waals surface area contributed by atoms with Gasteiger partial charge in [-0.2, -0.15) is 0 Å². The minimum Gasteiger partial charge on any atom is -0.508 e. The molecule has 11 nitrogen and oxygen atoms in total. The fourth-order valence-corrected chi connectivity index (χ4v) is 5.43. The first-order chi connectivity index (χ1) is 16.4. The Hall–Kier alpha value is -3.25. The number of aliphatic hydroxyl groups excluding tert-OH is 3. The first-order valence-corrected chi connectivity index (χ1v) is 11.1. The molecule has 5 atom stereocenters. The Morgan fingerprint density at radius 2 is 1.91 bits per heavy atom.